The molecule has 1 heterocycles. The third kappa shape index (κ3) is 3.35. The van der Waals surface area contributed by atoms with Gasteiger partial charge in [0.2, 0.25) is 0 Å². The zero-order valence-electron chi connectivity index (χ0n) is 12.2. The highest BCUT2D eigenvalue weighted by atomic mass is 16.2. The van der Waals surface area contributed by atoms with Crippen molar-refractivity contribution in [2.24, 2.45) is 5.92 Å². The van der Waals surface area contributed by atoms with E-state index in [-0.39, 0.29) is 5.91 Å². The molecule has 3 nitrogen and oxygen atoms in total. The van der Waals surface area contributed by atoms with Gasteiger partial charge in [-0.05, 0) is 62.9 Å². The van der Waals surface area contributed by atoms with E-state index in [9.17, 15) is 4.79 Å². The van der Waals surface area contributed by atoms with Crippen LogP contribution in [0.5, 0.6) is 0 Å². The molecule has 1 atom stereocenters. The summed E-state index contributed by atoms with van der Waals surface area (Å²) in [6.45, 7) is 7.07. The first-order chi connectivity index (χ1) is 9.09. The Balaban J connectivity index is 2.03. The minimum atomic E-state index is 0.145. The standard InChI is InChI=1S/C16H24N2O/c1-12-6-4-8-15(13(12)2)16(19)18(3)11-14-7-5-9-17-10-14/h4,6,8,14,17H,5,7,9-11H2,1-3H3. The largest absolute Gasteiger partial charge is 0.341 e. The van der Waals surface area contributed by atoms with Crippen molar-refractivity contribution in [2.45, 2.75) is 26.7 Å². The number of amides is 1. The number of carbonyl (C=O) groups is 1. The van der Waals surface area contributed by atoms with E-state index in [1.807, 2.05) is 31.0 Å². The molecule has 0 aliphatic carbocycles. The molecule has 1 aliphatic rings. The van der Waals surface area contributed by atoms with Crippen LogP contribution in [0.2, 0.25) is 0 Å². The van der Waals surface area contributed by atoms with Crippen LogP contribution in [0.3, 0.4) is 0 Å². The molecule has 1 N–H and O–H groups in total. The summed E-state index contributed by atoms with van der Waals surface area (Å²) in [7, 11) is 1.92. The van der Waals surface area contributed by atoms with Gasteiger partial charge in [-0.25, -0.2) is 0 Å². The molecule has 19 heavy (non-hydrogen) atoms. The topological polar surface area (TPSA) is 32.3 Å². The highest BCUT2D eigenvalue weighted by Crippen LogP contribution is 2.17. The molecular weight excluding hydrogens is 236 g/mol. The van der Waals surface area contributed by atoms with E-state index >= 15 is 0 Å². The van der Waals surface area contributed by atoms with E-state index in [1.54, 1.807) is 0 Å². The van der Waals surface area contributed by atoms with Crippen LogP contribution in [0.25, 0.3) is 0 Å². The lowest BCUT2D eigenvalue weighted by atomic mass is 9.98. The van der Waals surface area contributed by atoms with E-state index in [0.717, 1.165) is 30.8 Å². The summed E-state index contributed by atoms with van der Waals surface area (Å²) in [5.74, 6) is 0.736. The lowest BCUT2D eigenvalue weighted by Crippen LogP contribution is -2.39. The molecule has 1 amide bonds. The average molecular weight is 260 g/mol. The second-order valence-corrected chi connectivity index (χ2v) is 5.65. The van der Waals surface area contributed by atoms with Crippen LogP contribution in [0.4, 0.5) is 0 Å². The second-order valence-electron chi connectivity index (χ2n) is 5.65. The van der Waals surface area contributed by atoms with Gasteiger partial charge >= 0.3 is 0 Å². The Hall–Kier alpha value is -1.35. The lowest BCUT2D eigenvalue weighted by Gasteiger charge is -2.28. The van der Waals surface area contributed by atoms with E-state index in [4.69, 9.17) is 0 Å². The fourth-order valence-corrected chi connectivity index (χ4v) is 2.74. The zero-order chi connectivity index (χ0) is 13.8. The van der Waals surface area contributed by atoms with Crippen LogP contribution in [0.15, 0.2) is 18.2 Å². The summed E-state index contributed by atoms with van der Waals surface area (Å²) in [5.41, 5.74) is 3.12. The third-order valence-corrected chi connectivity index (χ3v) is 4.11. The van der Waals surface area contributed by atoms with Crippen LogP contribution < -0.4 is 5.32 Å². The van der Waals surface area contributed by atoms with Crippen LogP contribution in [0.1, 0.15) is 34.3 Å². The van der Waals surface area contributed by atoms with Crippen LogP contribution in [-0.2, 0) is 0 Å². The molecule has 2 rings (SSSR count). The van der Waals surface area contributed by atoms with Gasteiger partial charge in [-0.2, -0.15) is 0 Å². The van der Waals surface area contributed by atoms with Gasteiger partial charge in [0, 0.05) is 19.2 Å². The third-order valence-electron chi connectivity index (χ3n) is 4.11. The normalized spacial score (nSPS) is 19.2. The molecule has 0 spiro atoms. The average Bonchev–Trinajstić information content (AvgIpc) is 2.42. The highest BCUT2D eigenvalue weighted by Gasteiger charge is 2.20. The van der Waals surface area contributed by atoms with Crippen molar-refractivity contribution in [3.8, 4) is 0 Å². The fraction of sp³-hybridized carbons (Fsp3) is 0.562. The maximum absolute atomic E-state index is 12.5. The molecule has 1 aromatic carbocycles. The molecule has 1 saturated heterocycles. The molecule has 1 aromatic rings. The highest BCUT2D eigenvalue weighted by molar-refractivity contribution is 5.95. The van der Waals surface area contributed by atoms with Crippen molar-refractivity contribution in [1.29, 1.82) is 0 Å². The van der Waals surface area contributed by atoms with E-state index in [1.165, 1.54) is 18.4 Å². The number of rotatable bonds is 3. The van der Waals surface area contributed by atoms with Crippen molar-refractivity contribution in [1.82, 2.24) is 10.2 Å². The van der Waals surface area contributed by atoms with E-state index in [2.05, 4.69) is 18.3 Å². The monoisotopic (exact) mass is 260 g/mol. The Morgan fingerprint density at radius 1 is 1.42 bits per heavy atom. The first-order valence-corrected chi connectivity index (χ1v) is 7.12. The first-order valence-electron chi connectivity index (χ1n) is 7.12. The Morgan fingerprint density at radius 3 is 2.89 bits per heavy atom. The maximum atomic E-state index is 12.5. The van der Waals surface area contributed by atoms with Gasteiger partial charge in [0.1, 0.15) is 0 Å². The number of hydrogen-bond acceptors (Lipinski definition) is 2. The van der Waals surface area contributed by atoms with Gasteiger partial charge in [-0.3, -0.25) is 4.79 Å². The number of piperidine rings is 1. The lowest BCUT2D eigenvalue weighted by molar-refractivity contribution is 0.0764. The first kappa shape index (κ1) is 14.1. The summed E-state index contributed by atoms with van der Waals surface area (Å²) in [4.78, 5) is 14.4. The summed E-state index contributed by atoms with van der Waals surface area (Å²) in [6.07, 6.45) is 2.44. The minimum Gasteiger partial charge on any atom is -0.341 e. The summed E-state index contributed by atoms with van der Waals surface area (Å²) in [6, 6.07) is 5.95. The van der Waals surface area contributed by atoms with Gasteiger partial charge < -0.3 is 10.2 Å². The molecule has 0 bridgehead atoms. The summed E-state index contributed by atoms with van der Waals surface area (Å²) < 4.78 is 0. The van der Waals surface area contributed by atoms with Gasteiger partial charge in [0.05, 0.1) is 0 Å². The number of benzene rings is 1. The van der Waals surface area contributed by atoms with Crippen molar-refractivity contribution in [3.63, 3.8) is 0 Å². The molecule has 0 radical (unpaired) electrons. The van der Waals surface area contributed by atoms with Crippen LogP contribution in [-0.4, -0.2) is 37.5 Å². The number of nitrogens with zero attached hydrogens (tertiary/aromatic N) is 1. The number of nitrogens with one attached hydrogen (secondary N) is 1. The molecule has 1 aliphatic heterocycles. The van der Waals surface area contributed by atoms with Crippen molar-refractivity contribution in [2.75, 3.05) is 26.7 Å². The Morgan fingerprint density at radius 2 is 2.21 bits per heavy atom. The predicted octanol–water partition coefficient (Wildman–Crippen LogP) is 2.38. The molecule has 1 fully saturated rings. The van der Waals surface area contributed by atoms with Crippen LogP contribution >= 0.6 is 0 Å². The van der Waals surface area contributed by atoms with Crippen molar-refractivity contribution < 1.29 is 4.79 Å². The quantitative estimate of drug-likeness (QED) is 0.905. The molecule has 104 valence electrons. The summed E-state index contributed by atoms with van der Waals surface area (Å²) in [5, 5.41) is 3.40. The fourth-order valence-electron chi connectivity index (χ4n) is 2.74. The molecular formula is C16H24N2O. The Kier molecular flexibility index (Phi) is 4.59. The molecule has 0 saturated carbocycles. The Bertz CT molecular complexity index is 450. The molecule has 0 aromatic heterocycles. The number of carbonyl (C=O) groups excluding carboxylic acids is 1. The zero-order valence-corrected chi connectivity index (χ0v) is 12.2. The number of aryl methyl sites for hydroxylation is 1. The van der Waals surface area contributed by atoms with Gasteiger partial charge in [0.25, 0.3) is 5.91 Å². The van der Waals surface area contributed by atoms with Crippen molar-refractivity contribution >= 4 is 5.91 Å². The maximum Gasteiger partial charge on any atom is 0.253 e. The molecule has 1 unspecified atom stereocenters. The summed E-state index contributed by atoms with van der Waals surface area (Å²) >= 11 is 0. The second kappa shape index (κ2) is 6.20. The van der Waals surface area contributed by atoms with Gasteiger partial charge in [0.15, 0.2) is 0 Å². The van der Waals surface area contributed by atoms with E-state index in [0.29, 0.717) is 5.92 Å². The SMILES string of the molecule is Cc1cccc(C(=O)N(C)CC2CCCNC2)c1C. The van der Waals surface area contributed by atoms with E-state index < -0.39 is 0 Å². The van der Waals surface area contributed by atoms with Crippen LogP contribution in [0, 0.1) is 19.8 Å². The Labute approximate surface area is 116 Å². The smallest absolute Gasteiger partial charge is 0.253 e. The van der Waals surface area contributed by atoms with Crippen molar-refractivity contribution in [3.05, 3.63) is 34.9 Å². The molecule has 3 heteroatoms. The van der Waals surface area contributed by atoms with Gasteiger partial charge in [-0.15, -0.1) is 0 Å². The minimum absolute atomic E-state index is 0.145. The number of hydrogen-bond donors (Lipinski definition) is 1. The predicted molar refractivity (Wildman–Crippen MR) is 78.5 cm³/mol. The van der Waals surface area contributed by atoms with Gasteiger partial charge in [-0.1, -0.05) is 12.1 Å².